The van der Waals surface area contributed by atoms with E-state index in [-0.39, 0.29) is 5.78 Å². The summed E-state index contributed by atoms with van der Waals surface area (Å²) < 4.78 is 4.52. The average Bonchev–Trinajstić information content (AvgIpc) is 2.28. The van der Waals surface area contributed by atoms with E-state index in [9.17, 15) is 9.59 Å². The Bertz CT molecular complexity index is 218. The molecular weight excluding hydrogens is 156 g/mol. The fraction of sp³-hybridized carbons (Fsp3) is 0.556. The Hall–Kier alpha value is -1.12. The van der Waals surface area contributed by atoms with Gasteiger partial charge in [0, 0.05) is 0 Å². The standard InChI is InChI=1S/C9H12O3/c1-12-9(11)7-5-3-2-4-6-8(7)10/h4,6-7H,2-3,5H2,1H3. The van der Waals surface area contributed by atoms with Crippen LogP contribution in [-0.4, -0.2) is 18.9 Å². The van der Waals surface area contributed by atoms with Gasteiger partial charge in [-0.15, -0.1) is 0 Å². The molecule has 0 heterocycles. The maximum absolute atomic E-state index is 11.2. The zero-order valence-corrected chi connectivity index (χ0v) is 7.08. The highest BCUT2D eigenvalue weighted by Crippen LogP contribution is 2.16. The Labute approximate surface area is 71.4 Å². The first-order chi connectivity index (χ1) is 5.75. The van der Waals surface area contributed by atoms with Crippen LogP contribution < -0.4 is 0 Å². The third-order valence-corrected chi connectivity index (χ3v) is 1.97. The van der Waals surface area contributed by atoms with Crippen LogP contribution in [0.5, 0.6) is 0 Å². The fourth-order valence-electron chi connectivity index (χ4n) is 1.27. The molecule has 1 aliphatic rings. The smallest absolute Gasteiger partial charge is 0.316 e. The van der Waals surface area contributed by atoms with Crippen molar-refractivity contribution in [1.82, 2.24) is 0 Å². The monoisotopic (exact) mass is 168 g/mol. The predicted octanol–water partition coefficient (Wildman–Crippen LogP) is 1.08. The molecule has 0 aromatic carbocycles. The average molecular weight is 168 g/mol. The van der Waals surface area contributed by atoms with Gasteiger partial charge in [0.2, 0.25) is 0 Å². The number of hydrogen-bond donors (Lipinski definition) is 0. The molecule has 1 atom stereocenters. The second kappa shape index (κ2) is 4.04. The van der Waals surface area contributed by atoms with Crippen LogP contribution in [0.1, 0.15) is 19.3 Å². The lowest BCUT2D eigenvalue weighted by Crippen LogP contribution is -2.23. The number of ketones is 1. The topological polar surface area (TPSA) is 43.4 Å². The molecule has 0 fully saturated rings. The largest absolute Gasteiger partial charge is 0.468 e. The molecule has 0 radical (unpaired) electrons. The molecule has 0 bridgehead atoms. The van der Waals surface area contributed by atoms with Gasteiger partial charge >= 0.3 is 5.97 Å². The Morgan fingerprint density at radius 2 is 2.42 bits per heavy atom. The lowest BCUT2D eigenvalue weighted by molar-refractivity contribution is -0.148. The van der Waals surface area contributed by atoms with Crippen molar-refractivity contribution in [3.63, 3.8) is 0 Å². The first-order valence-electron chi connectivity index (χ1n) is 4.04. The van der Waals surface area contributed by atoms with Gasteiger partial charge in [-0.3, -0.25) is 9.59 Å². The van der Waals surface area contributed by atoms with E-state index in [1.54, 1.807) is 0 Å². The highest BCUT2D eigenvalue weighted by molar-refractivity contribution is 6.05. The first kappa shape index (κ1) is 8.97. The maximum atomic E-state index is 11.2. The minimum atomic E-state index is -0.561. The van der Waals surface area contributed by atoms with Gasteiger partial charge in [0.15, 0.2) is 5.78 Å². The Morgan fingerprint density at radius 3 is 3.08 bits per heavy atom. The van der Waals surface area contributed by atoms with Gasteiger partial charge in [0.05, 0.1) is 7.11 Å². The van der Waals surface area contributed by atoms with Crippen molar-refractivity contribution >= 4 is 11.8 Å². The van der Waals surface area contributed by atoms with Crippen molar-refractivity contribution in [3.8, 4) is 0 Å². The molecule has 0 spiro atoms. The third-order valence-electron chi connectivity index (χ3n) is 1.97. The van der Waals surface area contributed by atoms with Crippen molar-refractivity contribution < 1.29 is 14.3 Å². The number of methoxy groups -OCH3 is 1. The summed E-state index contributed by atoms with van der Waals surface area (Å²) in [5, 5.41) is 0. The molecule has 0 amide bonds. The Kier molecular flexibility index (Phi) is 3.02. The van der Waals surface area contributed by atoms with E-state index in [1.165, 1.54) is 13.2 Å². The Morgan fingerprint density at radius 1 is 1.67 bits per heavy atom. The first-order valence-corrected chi connectivity index (χ1v) is 4.04. The zero-order chi connectivity index (χ0) is 8.97. The van der Waals surface area contributed by atoms with Gasteiger partial charge in [-0.25, -0.2) is 0 Å². The summed E-state index contributed by atoms with van der Waals surface area (Å²) in [6.07, 6.45) is 5.65. The molecule has 0 saturated heterocycles. The van der Waals surface area contributed by atoms with Crippen LogP contribution in [0, 0.1) is 5.92 Å². The molecule has 0 aromatic rings. The number of allylic oxidation sites excluding steroid dienone is 2. The molecular formula is C9H12O3. The highest BCUT2D eigenvalue weighted by Gasteiger charge is 2.25. The van der Waals surface area contributed by atoms with Crippen LogP contribution in [-0.2, 0) is 14.3 Å². The molecule has 12 heavy (non-hydrogen) atoms. The van der Waals surface area contributed by atoms with Crippen molar-refractivity contribution in [2.24, 2.45) is 5.92 Å². The van der Waals surface area contributed by atoms with Crippen LogP contribution in [0.15, 0.2) is 12.2 Å². The van der Waals surface area contributed by atoms with E-state index in [0.29, 0.717) is 6.42 Å². The zero-order valence-electron chi connectivity index (χ0n) is 7.08. The number of rotatable bonds is 1. The van der Waals surface area contributed by atoms with Crippen LogP contribution in [0.25, 0.3) is 0 Å². The van der Waals surface area contributed by atoms with Gasteiger partial charge in [-0.05, 0) is 25.3 Å². The minimum Gasteiger partial charge on any atom is -0.468 e. The van der Waals surface area contributed by atoms with E-state index < -0.39 is 11.9 Å². The number of ether oxygens (including phenoxy) is 1. The molecule has 0 saturated carbocycles. The molecule has 0 N–H and O–H groups in total. The van der Waals surface area contributed by atoms with Crippen molar-refractivity contribution in [3.05, 3.63) is 12.2 Å². The second-order valence-electron chi connectivity index (χ2n) is 2.81. The SMILES string of the molecule is COC(=O)C1CCCC=CC1=O. The van der Waals surface area contributed by atoms with E-state index in [2.05, 4.69) is 4.74 Å². The van der Waals surface area contributed by atoms with Gasteiger partial charge in [-0.1, -0.05) is 6.08 Å². The fourth-order valence-corrected chi connectivity index (χ4v) is 1.27. The molecule has 3 heteroatoms. The van der Waals surface area contributed by atoms with Crippen LogP contribution in [0.4, 0.5) is 0 Å². The number of carbonyl (C=O) groups is 2. The van der Waals surface area contributed by atoms with Crippen LogP contribution in [0.2, 0.25) is 0 Å². The lowest BCUT2D eigenvalue weighted by Gasteiger charge is -2.08. The van der Waals surface area contributed by atoms with E-state index in [0.717, 1.165) is 12.8 Å². The van der Waals surface area contributed by atoms with Gasteiger partial charge in [-0.2, -0.15) is 0 Å². The van der Waals surface area contributed by atoms with Gasteiger partial charge in [0.1, 0.15) is 5.92 Å². The number of carbonyl (C=O) groups excluding carboxylic acids is 2. The summed E-state index contributed by atoms with van der Waals surface area (Å²) in [7, 11) is 1.31. The molecule has 0 aromatic heterocycles. The summed E-state index contributed by atoms with van der Waals surface area (Å²) >= 11 is 0. The summed E-state index contributed by atoms with van der Waals surface area (Å²) in [6.45, 7) is 0. The predicted molar refractivity (Wildman–Crippen MR) is 43.5 cm³/mol. The van der Waals surface area contributed by atoms with E-state index in [4.69, 9.17) is 0 Å². The highest BCUT2D eigenvalue weighted by atomic mass is 16.5. The number of esters is 1. The second-order valence-corrected chi connectivity index (χ2v) is 2.81. The molecule has 1 rings (SSSR count). The quantitative estimate of drug-likeness (QED) is 0.434. The minimum absolute atomic E-state index is 0.126. The molecule has 0 aliphatic heterocycles. The molecule has 66 valence electrons. The van der Waals surface area contributed by atoms with Crippen molar-refractivity contribution in [2.45, 2.75) is 19.3 Å². The summed E-state index contributed by atoms with van der Waals surface area (Å²) in [4.78, 5) is 22.3. The summed E-state index contributed by atoms with van der Waals surface area (Å²) in [6, 6.07) is 0. The molecule has 3 nitrogen and oxygen atoms in total. The van der Waals surface area contributed by atoms with Crippen molar-refractivity contribution in [1.29, 1.82) is 0 Å². The van der Waals surface area contributed by atoms with E-state index >= 15 is 0 Å². The normalized spacial score (nSPS) is 23.4. The molecule has 1 unspecified atom stereocenters. The Balaban J connectivity index is 2.68. The maximum Gasteiger partial charge on any atom is 0.316 e. The molecule has 1 aliphatic carbocycles. The van der Waals surface area contributed by atoms with Crippen molar-refractivity contribution in [2.75, 3.05) is 7.11 Å². The number of hydrogen-bond acceptors (Lipinski definition) is 3. The summed E-state index contributed by atoms with van der Waals surface area (Å²) in [5.41, 5.74) is 0. The van der Waals surface area contributed by atoms with Crippen LogP contribution >= 0.6 is 0 Å². The van der Waals surface area contributed by atoms with E-state index in [1.807, 2.05) is 6.08 Å². The summed E-state index contributed by atoms with van der Waals surface area (Å²) in [5.74, 6) is -1.10. The van der Waals surface area contributed by atoms with Gasteiger partial charge < -0.3 is 4.74 Å². The lowest BCUT2D eigenvalue weighted by atomic mass is 10.0. The third kappa shape index (κ3) is 1.94. The van der Waals surface area contributed by atoms with Gasteiger partial charge in [0.25, 0.3) is 0 Å². The van der Waals surface area contributed by atoms with Crippen LogP contribution in [0.3, 0.4) is 0 Å².